The highest BCUT2D eigenvalue weighted by Crippen LogP contribution is 2.07. The van der Waals surface area contributed by atoms with E-state index in [1.807, 2.05) is 0 Å². The molecule has 0 aliphatic rings. The molecular formula is C9H24N2Si. The first kappa shape index (κ1) is 12.1. The largest absolute Gasteiger partial charge is 0.329 e. The maximum atomic E-state index is 5.60. The van der Waals surface area contributed by atoms with Crippen molar-refractivity contribution in [3.63, 3.8) is 0 Å². The lowest BCUT2D eigenvalue weighted by Crippen LogP contribution is -2.47. The zero-order valence-electron chi connectivity index (χ0n) is 9.20. The van der Waals surface area contributed by atoms with Gasteiger partial charge in [-0.3, -0.25) is 0 Å². The van der Waals surface area contributed by atoms with Crippen LogP contribution in [0.15, 0.2) is 0 Å². The second kappa shape index (κ2) is 4.39. The van der Waals surface area contributed by atoms with Gasteiger partial charge in [0.2, 0.25) is 0 Å². The molecule has 3 N–H and O–H groups in total. The van der Waals surface area contributed by atoms with Gasteiger partial charge in [-0.15, -0.1) is 0 Å². The maximum Gasteiger partial charge on any atom is 0.0455 e. The molecule has 2 nitrogen and oxygen atoms in total. The molecule has 0 fully saturated rings. The Hall–Kier alpha value is 0.137. The van der Waals surface area contributed by atoms with Crippen LogP contribution in [-0.2, 0) is 0 Å². The minimum atomic E-state index is -0.873. The second-order valence-electron chi connectivity index (χ2n) is 5.33. The minimum Gasteiger partial charge on any atom is -0.329 e. The molecule has 3 heteroatoms. The molecule has 0 aromatic heterocycles. The van der Waals surface area contributed by atoms with Gasteiger partial charge >= 0.3 is 0 Å². The Bertz CT molecular complexity index is 127. The van der Waals surface area contributed by atoms with E-state index in [-0.39, 0.29) is 5.54 Å². The van der Waals surface area contributed by atoms with Gasteiger partial charge in [0.05, 0.1) is 0 Å². The molecule has 0 bridgehead atoms. The third kappa shape index (κ3) is 6.82. The Morgan fingerprint density at radius 1 is 1.25 bits per heavy atom. The molecule has 0 saturated heterocycles. The monoisotopic (exact) mass is 188 g/mol. The molecule has 74 valence electrons. The lowest BCUT2D eigenvalue weighted by molar-refractivity contribution is 0.409. The van der Waals surface area contributed by atoms with E-state index >= 15 is 0 Å². The molecule has 0 saturated carbocycles. The summed E-state index contributed by atoms with van der Waals surface area (Å²) in [5, 5.41) is 3.47. The summed E-state index contributed by atoms with van der Waals surface area (Å²) in [5.41, 5.74) is 5.72. The van der Waals surface area contributed by atoms with Crippen molar-refractivity contribution in [1.29, 1.82) is 0 Å². The summed E-state index contributed by atoms with van der Waals surface area (Å²) in [6.07, 6.45) is 0. The Morgan fingerprint density at radius 3 is 2.08 bits per heavy atom. The summed E-state index contributed by atoms with van der Waals surface area (Å²) in [6.45, 7) is 13.3. The van der Waals surface area contributed by atoms with E-state index in [1.54, 1.807) is 0 Å². The standard InChI is InChI=1S/C9H24N2Si/c1-9(2,8-10)11-6-7-12(3,4)5/h11H,6-8,10H2,1-5H3. The topological polar surface area (TPSA) is 38.0 Å². The zero-order valence-corrected chi connectivity index (χ0v) is 10.2. The third-order valence-electron chi connectivity index (χ3n) is 1.99. The summed E-state index contributed by atoms with van der Waals surface area (Å²) in [7, 11) is -0.873. The summed E-state index contributed by atoms with van der Waals surface area (Å²) in [5.74, 6) is 0. The average molecular weight is 188 g/mol. The first-order chi connectivity index (χ1) is 5.27. The van der Waals surface area contributed by atoms with Crippen molar-refractivity contribution in [1.82, 2.24) is 5.32 Å². The van der Waals surface area contributed by atoms with E-state index in [0.29, 0.717) is 6.54 Å². The van der Waals surface area contributed by atoms with Crippen molar-refractivity contribution >= 4 is 8.07 Å². The first-order valence-corrected chi connectivity index (χ1v) is 8.43. The van der Waals surface area contributed by atoms with Crippen LogP contribution in [0, 0.1) is 0 Å². The Balaban J connectivity index is 3.57. The Kier molecular flexibility index (Phi) is 4.44. The molecular weight excluding hydrogens is 164 g/mol. The summed E-state index contributed by atoms with van der Waals surface area (Å²) in [6, 6.07) is 1.33. The molecule has 0 unspecified atom stereocenters. The summed E-state index contributed by atoms with van der Waals surface area (Å²) < 4.78 is 0. The van der Waals surface area contributed by atoms with Crippen LogP contribution in [0.4, 0.5) is 0 Å². The molecule has 0 amide bonds. The minimum absolute atomic E-state index is 0.111. The van der Waals surface area contributed by atoms with Crippen LogP contribution in [0.5, 0.6) is 0 Å². The van der Waals surface area contributed by atoms with Gasteiger partial charge in [-0.2, -0.15) is 0 Å². The van der Waals surface area contributed by atoms with Gasteiger partial charge in [-0.1, -0.05) is 19.6 Å². The quantitative estimate of drug-likeness (QED) is 0.644. The SMILES string of the molecule is CC(C)(CN)NCC[Si](C)(C)C. The van der Waals surface area contributed by atoms with E-state index < -0.39 is 8.07 Å². The molecule has 0 aromatic carbocycles. The van der Waals surface area contributed by atoms with Crippen molar-refractivity contribution in [3.05, 3.63) is 0 Å². The van der Waals surface area contributed by atoms with Gasteiger partial charge in [0, 0.05) is 20.2 Å². The first-order valence-electron chi connectivity index (χ1n) is 4.72. The van der Waals surface area contributed by atoms with Crippen LogP contribution >= 0.6 is 0 Å². The fourth-order valence-electron chi connectivity index (χ4n) is 0.848. The highest BCUT2D eigenvalue weighted by atomic mass is 28.3. The predicted octanol–water partition coefficient (Wildman–Crippen LogP) is 1.65. The molecule has 0 aliphatic carbocycles. The van der Waals surface area contributed by atoms with Crippen molar-refractivity contribution in [2.75, 3.05) is 13.1 Å². The van der Waals surface area contributed by atoms with Crippen LogP contribution in [0.25, 0.3) is 0 Å². The van der Waals surface area contributed by atoms with Crippen LogP contribution < -0.4 is 11.1 Å². The van der Waals surface area contributed by atoms with E-state index in [1.165, 1.54) is 6.04 Å². The molecule has 0 aliphatic heterocycles. The molecule has 0 radical (unpaired) electrons. The highest BCUT2D eigenvalue weighted by Gasteiger charge is 2.17. The average Bonchev–Trinajstić information content (AvgIpc) is 1.84. The van der Waals surface area contributed by atoms with Crippen molar-refractivity contribution < 1.29 is 0 Å². The van der Waals surface area contributed by atoms with Crippen LogP contribution in [0.2, 0.25) is 25.7 Å². The van der Waals surface area contributed by atoms with Gasteiger partial charge in [-0.05, 0) is 26.4 Å². The zero-order chi connectivity index (χ0) is 9.83. The van der Waals surface area contributed by atoms with Crippen LogP contribution in [0.1, 0.15) is 13.8 Å². The maximum absolute atomic E-state index is 5.60. The summed E-state index contributed by atoms with van der Waals surface area (Å²) in [4.78, 5) is 0. The molecule has 0 heterocycles. The number of hydrogen-bond donors (Lipinski definition) is 2. The Labute approximate surface area is 77.9 Å². The van der Waals surface area contributed by atoms with Gasteiger partial charge in [0.25, 0.3) is 0 Å². The van der Waals surface area contributed by atoms with Gasteiger partial charge < -0.3 is 11.1 Å². The van der Waals surface area contributed by atoms with Crippen molar-refractivity contribution in [3.8, 4) is 0 Å². The van der Waals surface area contributed by atoms with E-state index in [2.05, 4.69) is 38.8 Å². The van der Waals surface area contributed by atoms with Crippen molar-refractivity contribution in [2.45, 2.75) is 45.1 Å². The number of rotatable bonds is 5. The van der Waals surface area contributed by atoms with Gasteiger partial charge in [0.15, 0.2) is 0 Å². The molecule has 0 spiro atoms. The molecule has 0 atom stereocenters. The lowest BCUT2D eigenvalue weighted by Gasteiger charge is -2.26. The van der Waals surface area contributed by atoms with Crippen LogP contribution in [0.3, 0.4) is 0 Å². The number of nitrogens with two attached hydrogens (primary N) is 1. The number of hydrogen-bond acceptors (Lipinski definition) is 2. The fraction of sp³-hybridized carbons (Fsp3) is 1.00. The third-order valence-corrected chi connectivity index (χ3v) is 3.74. The van der Waals surface area contributed by atoms with Gasteiger partial charge in [0.1, 0.15) is 0 Å². The fourth-order valence-corrected chi connectivity index (χ4v) is 1.72. The molecule has 12 heavy (non-hydrogen) atoms. The van der Waals surface area contributed by atoms with Crippen LogP contribution in [-0.4, -0.2) is 26.7 Å². The van der Waals surface area contributed by atoms with E-state index in [4.69, 9.17) is 5.73 Å². The highest BCUT2D eigenvalue weighted by molar-refractivity contribution is 6.76. The van der Waals surface area contributed by atoms with E-state index in [0.717, 1.165) is 6.54 Å². The molecule has 0 rings (SSSR count). The normalized spacial score (nSPS) is 13.5. The smallest absolute Gasteiger partial charge is 0.0455 e. The van der Waals surface area contributed by atoms with Gasteiger partial charge in [-0.25, -0.2) is 0 Å². The Morgan fingerprint density at radius 2 is 1.75 bits per heavy atom. The predicted molar refractivity (Wildman–Crippen MR) is 59.3 cm³/mol. The lowest BCUT2D eigenvalue weighted by atomic mass is 10.1. The van der Waals surface area contributed by atoms with Crippen molar-refractivity contribution in [2.24, 2.45) is 5.73 Å². The molecule has 0 aromatic rings. The van der Waals surface area contributed by atoms with E-state index in [9.17, 15) is 0 Å². The summed E-state index contributed by atoms with van der Waals surface area (Å²) >= 11 is 0. The second-order valence-corrected chi connectivity index (χ2v) is 10.9. The number of nitrogens with one attached hydrogen (secondary N) is 1.